The zero-order valence-electron chi connectivity index (χ0n) is 10.1. The second kappa shape index (κ2) is 7.81. The van der Waals surface area contributed by atoms with Gasteiger partial charge in [0.1, 0.15) is 12.6 Å². The van der Waals surface area contributed by atoms with Gasteiger partial charge in [-0.05, 0) is 12.0 Å². The van der Waals surface area contributed by atoms with Crippen molar-refractivity contribution in [3.63, 3.8) is 0 Å². The average Bonchev–Trinajstić information content (AvgIpc) is 2.37. The van der Waals surface area contributed by atoms with Crippen molar-refractivity contribution < 1.29 is 14.6 Å². The van der Waals surface area contributed by atoms with Gasteiger partial charge in [0.15, 0.2) is 0 Å². The third-order valence-corrected chi connectivity index (χ3v) is 2.38. The lowest BCUT2D eigenvalue weighted by molar-refractivity contribution is -0.281. The van der Waals surface area contributed by atoms with E-state index < -0.39 is 12.0 Å². The molecule has 0 radical (unpaired) electrons. The Kier molecular flexibility index (Phi) is 6.29. The summed E-state index contributed by atoms with van der Waals surface area (Å²) in [6.07, 6.45) is 2.55. The van der Waals surface area contributed by atoms with Crippen molar-refractivity contribution in [1.82, 2.24) is 0 Å². The Hall–Kier alpha value is -1.39. The topological polar surface area (TPSA) is 61.6 Å². The summed E-state index contributed by atoms with van der Waals surface area (Å²) in [6, 6.07) is 8.90. The second-order valence-electron chi connectivity index (χ2n) is 3.90. The minimum Gasteiger partial charge on any atom is -0.318 e. The molecule has 17 heavy (non-hydrogen) atoms. The summed E-state index contributed by atoms with van der Waals surface area (Å²) in [5.74, 6) is -0.505. The maximum Gasteiger partial charge on any atom is 0.358 e. The maximum absolute atomic E-state index is 11.4. The lowest BCUT2D eigenvalue weighted by atomic mass is 10.1. The quantitative estimate of drug-likeness (QED) is 0.583. The molecule has 1 aromatic rings. The molecule has 0 saturated carbocycles. The van der Waals surface area contributed by atoms with Crippen molar-refractivity contribution in [2.24, 2.45) is 5.73 Å². The van der Waals surface area contributed by atoms with Crippen LogP contribution in [0.4, 0.5) is 0 Å². The molecule has 0 bridgehead atoms. The predicted molar refractivity (Wildman–Crippen MR) is 64.8 cm³/mol. The number of hydrogen-bond donors (Lipinski definition) is 1. The maximum atomic E-state index is 11.4. The molecule has 2 N–H and O–H groups in total. The van der Waals surface area contributed by atoms with E-state index >= 15 is 0 Å². The third-order valence-electron chi connectivity index (χ3n) is 2.38. The highest BCUT2D eigenvalue weighted by atomic mass is 17.2. The summed E-state index contributed by atoms with van der Waals surface area (Å²) in [5, 5.41) is 0. The molecule has 0 spiro atoms. The number of rotatable bonds is 7. The second-order valence-corrected chi connectivity index (χ2v) is 3.90. The molecule has 0 unspecified atom stereocenters. The number of nitrogens with two attached hydrogens (primary N) is 1. The number of hydrogen-bond acceptors (Lipinski definition) is 4. The Morgan fingerprint density at radius 1 is 1.35 bits per heavy atom. The zero-order chi connectivity index (χ0) is 12.5. The van der Waals surface area contributed by atoms with E-state index in [0.717, 1.165) is 18.4 Å². The van der Waals surface area contributed by atoms with Crippen LogP contribution in [0.2, 0.25) is 0 Å². The van der Waals surface area contributed by atoms with Gasteiger partial charge in [-0.25, -0.2) is 4.79 Å². The SMILES string of the molecule is CCCC[C@H](N)C(=O)OOCc1ccccc1. The van der Waals surface area contributed by atoms with Crippen LogP contribution in [-0.4, -0.2) is 12.0 Å². The van der Waals surface area contributed by atoms with E-state index in [4.69, 9.17) is 10.6 Å². The molecule has 1 rings (SSSR count). The van der Waals surface area contributed by atoms with Gasteiger partial charge in [-0.1, -0.05) is 50.1 Å². The molecule has 0 aliphatic rings. The molecule has 0 aliphatic carbocycles. The summed E-state index contributed by atoms with van der Waals surface area (Å²) < 4.78 is 0. The summed E-state index contributed by atoms with van der Waals surface area (Å²) in [6.45, 7) is 2.29. The summed E-state index contributed by atoms with van der Waals surface area (Å²) in [5.41, 5.74) is 6.57. The van der Waals surface area contributed by atoms with Crippen molar-refractivity contribution in [3.05, 3.63) is 35.9 Å². The Morgan fingerprint density at radius 2 is 2.06 bits per heavy atom. The van der Waals surface area contributed by atoms with Crippen molar-refractivity contribution >= 4 is 5.97 Å². The van der Waals surface area contributed by atoms with E-state index in [-0.39, 0.29) is 6.61 Å². The van der Waals surface area contributed by atoms with E-state index in [0.29, 0.717) is 6.42 Å². The molecular weight excluding hydrogens is 218 g/mol. The van der Waals surface area contributed by atoms with Gasteiger partial charge in [-0.3, -0.25) is 4.89 Å². The predicted octanol–water partition coefficient (Wildman–Crippen LogP) is 2.18. The Morgan fingerprint density at radius 3 is 2.71 bits per heavy atom. The summed E-state index contributed by atoms with van der Waals surface area (Å²) >= 11 is 0. The molecule has 0 saturated heterocycles. The fourth-order valence-corrected chi connectivity index (χ4v) is 1.33. The van der Waals surface area contributed by atoms with Crippen molar-refractivity contribution in [2.75, 3.05) is 0 Å². The van der Waals surface area contributed by atoms with Crippen LogP contribution < -0.4 is 5.73 Å². The van der Waals surface area contributed by atoms with Gasteiger partial charge in [0.2, 0.25) is 0 Å². The number of carbonyl (C=O) groups is 1. The molecule has 0 fully saturated rings. The van der Waals surface area contributed by atoms with Crippen LogP contribution in [0, 0.1) is 0 Å². The minimum atomic E-state index is -0.592. The highest BCUT2D eigenvalue weighted by Crippen LogP contribution is 2.03. The first kappa shape index (κ1) is 13.7. The van der Waals surface area contributed by atoms with Crippen LogP contribution in [-0.2, 0) is 21.2 Å². The monoisotopic (exact) mass is 237 g/mol. The van der Waals surface area contributed by atoms with Gasteiger partial charge >= 0.3 is 5.97 Å². The first-order valence-electron chi connectivity index (χ1n) is 5.87. The van der Waals surface area contributed by atoms with E-state index in [2.05, 4.69) is 4.89 Å². The van der Waals surface area contributed by atoms with Crippen molar-refractivity contribution in [1.29, 1.82) is 0 Å². The molecule has 4 nitrogen and oxygen atoms in total. The van der Waals surface area contributed by atoms with Crippen molar-refractivity contribution in [2.45, 2.75) is 38.8 Å². The van der Waals surface area contributed by atoms with Crippen LogP contribution in [0.3, 0.4) is 0 Å². The highest BCUT2D eigenvalue weighted by molar-refractivity contribution is 5.74. The van der Waals surface area contributed by atoms with Crippen LogP contribution in [0.5, 0.6) is 0 Å². The highest BCUT2D eigenvalue weighted by Gasteiger charge is 2.15. The van der Waals surface area contributed by atoms with Gasteiger partial charge in [0.05, 0.1) is 0 Å². The molecule has 0 aromatic heterocycles. The molecule has 1 atom stereocenters. The standard InChI is InChI=1S/C13H19NO3/c1-2-3-9-12(14)13(15)17-16-10-11-7-5-4-6-8-11/h4-8,12H,2-3,9-10,14H2,1H3/t12-/m0/s1. The first-order chi connectivity index (χ1) is 8.24. The average molecular weight is 237 g/mol. The van der Waals surface area contributed by atoms with Gasteiger partial charge in [0.25, 0.3) is 0 Å². The van der Waals surface area contributed by atoms with Crippen LogP contribution >= 0.6 is 0 Å². The molecule has 94 valence electrons. The Balaban J connectivity index is 2.20. The number of carbonyl (C=O) groups excluding carboxylic acids is 1. The lowest BCUT2D eigenvalue weighted by Crippen LogP contribution is -2.32. The van der Waals surface area contributed by atoms with E-state index in [1.165, 1.54) is 0 Å². The Labute approximate surface area is 102 Å². The van der Waals surface area contributed by atoms with Crippen LogP contribution in [0.25, 0.3) is 0 Å². The van der Waals surface area contributed by atoms with Gasteiger partial charge in [-0.2, -0.15) is 4.89 Å². The molecule has 4 heteroatoms. The Bertz CT molecular complexity index is 327. The van der Waals surface area contributed by atoms with Crippen LogP contribution in [0.1, 0.15) is 31.7 Å². The first-order valence-corrected chi connectivity index (χ1v) is 5.87. The van der Waals surface area contributed by atoms with Crippen LogP contribution in [0.15, 0.2) is 30.3 Å². The fourth-order valence-electron chi connectivity index (χ4n) is 1.33. The van der Waals surface area contributed by atoms with E-state index in [1.54, 1.807) is 0 Å². The minimum absolute atomic E-state index is 0.243. The normalized spacial score (nSPS) is 12.1. The molecule has 0 heterocycles. The van der Waals surface area contributed by atoms with Crippen molar-refractivity contribution in [3.8, 4) is 0 Å². The van der Waals surface area contributed by atoms with E-state index in [9.17, 15) is 4.79 Å². The summed E-state index contributed by atoms with van der Waals surface area (Å²) in [4.78, 5) is 20.9. The van der Waals surface area contributed by atoms with Gasteiger partial charge < -0.3 is 5.73 Å². The molecule has 0 amide bonds. The fraction of sp³-hybridized carbons (Fsp3) is 0.462. The molecular formula is C13H19NO3. The summed E-state index contributed by atoms with van der Waals surface area (Å²) in [7, 11) is 0. The smallest absolute Gasteiger partial charge is 0.318 e. The van der Waals surface area contributed by atoms with E-state index in [1.807, 2.05) is 37.3 Å². The number of unbranched alkanes of at least 4 members (excludes halogenated alkanes) is 1. The number of benzene rings is 1. The van der Waals surface area contributed by atoms with Gasteiger partial charge in [0, 0.05) is 0 Å². The van der Waals surface area contributed by atoms with Gasteiger partial charge in [-0.15, -0.1) is 0 Å². The molecule has 1 aromatic carbocycles. The lowest BCUT2D eigenvalue weighted by Gasteiger charge is -2.09. The third kappa shape index (κ3) is 5.47. The largest absolute Gasteiger partial charge is 0.358 e. The zero-order valence-corrected chi connectivity index (χ0v) is 10.1. The molecule has 0 aliphatic heterocycles.